The first-order chi connectivity index (χ1) is 6.61. The van der Waals surface area contributed by atoms with Crippen LogP contribution in [0, 0.1) is 17.3 Å². The van der Waals surface area contributed by atoms with Crippen LogP contribution in [0.1, 0.15) is 23.1 Å². The maximum Gasteiger partial charge on any atom is 0.269 e. The monoisotopic (exact) mass is 220 g/mol. The lowest BCUT2D eigenvalue weighted by Gasteiger charge is -2.06. The zero-order valence-electron chi connectivity index (χ0n) is 6.77. The predicted octanol–water partition coefficient (Wildman–Crippen LogP) is 2.77. The number of halogens is 4. The molecule has 2 nitrogen and oxygen atoms in total. The molecule has 74 valence electrons. The van der Waals surface area contributed by atoms with Gasteiger partial charge in [0, 0.05) is 11.8 Å². The molecule has 6 heteroatoms. The molecule has 0 aliphatic rings. The highest BCUT2D eigenvalue weighted by atomic mass is 35.5. The summed E-state index contributed by atoms with van der Waals surface area (Å²) in [4.78, 5) is 3.10. The second kappa shape index (κ2) is 4.29. The zero-order chi connectivity index (χ0) is 10.7. The van der Waals surface area contributed by atoms with Gasteiger partial charge in [-0.1, -0.05) is 0 Å². The minimum absolute atomic E-state index is 0.103. The van der Waals surface area contributed by atoms with Crippen LogP contribution in [0.25, 0.3) is 0 Å². The average molecular weight is 221 g/mol. The molecule has 14 heavy (non-hydrogen) atoms. The van der Waals surface area contributed by atoms with Crippen LogP contribution in [-0.4, -0.2) is 4.98 Å². The molecule has 0 atom stereocenters. The van der Waals surface area contributed by atoms with Crippen LogP contribution in [0.5, 0.6) is 0 Å². The van der Waals surface area contributed by atoms with Gasteiger partial charge in [0.05, 0.1) is 17.0 Å². The topological polar surface area (TPSA) is 36.7 Å². The van der Waals surface area contributed by atoms with Crippen molar-refractivity contribution >= 4 is 11.6 Å². The van der Waals surface area contributed by atoms with E-state index in [2.05, 4.69) is 4.98 Å². The van der Waals surface area contributed by atoms with Gasteiger partial charge in [0.2, 0.25) is 5.95 Å². The van der Waals surface area contributed by atoms with Crippen LogP contribution in [-0.2, 0) is 5.88 Å². The SMILES string of the molecule is N#Cc1c(CCl)cnc(F)c1C(F)F. The summed E-state index contributed by atoms with van der Waals surface area (Å²) < 4.78 is 37.5. The lowest BCUT2D eigenvalue weighted by molar-refractivity contribution is 0.144. The fraction of sp³-hybridized carbons (Fsp3) is 0.250. The third-order valence-electron chi connectivity index (χ3n) is 1.62. The van der Waals surface area contributed by atoms with Crippen molar-refractivity contribution in [2.45, 2.75) is 12.3 Å². The Labute approximate surface area is 82.9 Å². The minimum Gasteiger partial charge on any atom is -0.227 e. The quantitative estimate of drug-likeness (QED) is 0.568. The van der Waals surface area contributed by atoms with E-state index in [-0.39, 0.29) is 11.4 Å². The van der Waals surface area contributed by atoms with Crippen LogP contribution in [0.2, 0.25) is 0 Å². The summed E-state index contributed by atoms with van der Waals surface area (Å²) in [5, 5.41) is 8.57. The summed E-state index contributed by atoms with van der Waals surface area (Å²) in [5.41, 5.74) is -1.31. The van der Waals surface area contributed by atoms with Crippen molar-refractivity contribution in [2.24, 2.45) is 0 Å². The Morgan fingerprint density at radius 1 is 1.57 bits per heavy atom. The van der Waals surface area contributed by atoms with Gasteiger partial charge in [-0.05, 0) is 0 Å². The standard InChI is InChI=1S/C8H4ClF3N2/c9-1-4-3-14-8(12)6(7(10)11)5(4)2-13/h3,7H,1H2. The van der Waals surface area contributed by atoms with E-state index in [1.165, 1.54) is 6.07 Å². The fourth-order valence-corrected chi connectivity index (χ4v) is 1.18. The molecule has 0 spiro atoms. The highest BCUT2D eigenvalue weighted by Crippen LogP contribution is 2.27. The van der Waals surface area contributed by atoms with E-state index in [0.29, 0.717) is 0 Å². The molecule has 1 heterocycles. The predicted molar refractivity (Wildman–Crippen MR) is 43.4 cm³/mol. The van der Waals surface area contributed by atoms with Crippen LogP contribution in [0.4, 0.5) is 13.2 Å². The Hall–Kier alpha value is -1.28. The van der Waals surface area contributed by atoms with Crippen LogP contribution >= 0.6 is 11.6 Å². The van der Waals surface area contributed by atoms with E-state index in [4.69, 9.17) is 16.9 Å². The van der Waals surface area contributed by atoms with E-state index in [1.54, 1.807) is 0 Å². The van der Waals surface area contributed by atoms with Crippen LogP contribution < -0.4 is 0 Å². The molecule has 0 radical (unpaired) electrons. The smallest absolute Gasteiger partial charge is 0.227 e. The molecule has 0 amide bonds. The highest BCUT2D eigenvalue weighted by Gasteiger charge is 2.22. The van der Waals surface area contributed by atoms with Crippen LogP contribution in [0.15, 0.2) is 6.20 Å². The van der Waals surface area contributed by atoms with Gasteiger partial charge in [0.1, 0.15) is 6.07 Å². The second-order valence-corrected chi connectivity index (χ2v) is 2.68. The molecule has 0 bridgehead atoms. The summed E-state index contributed by atoms with van der Waals surface area (Å²) in [6.07, 6.45) is -2.09. The number of alkyl halides is 3. The van der Waals surface area contributed by atoms with Crippen molar-refractivity contribution < 1.29 is 13.2 Å². The molecule has 0 saturated heterocycles. The summed E-state index contributed by atoms with van der Waals surface area (Å²) >= 11 is 5.38. The number of hydrogen-bond acceptors (Lipinski definition) is 2. The molecule has 0 N–H and O–H groups in total. The molecule has 0 aliphatic heterocycles. The molecular formula is C8H4ClF3N2. The molecule has 1 rings (SSSR count). The molecule has 0 aromatic carbocycles. The number of rotatable bonds is 2. The van der Waals surface area contributed by atoms with E-state index in [0.717, 1.165) is 6.20 Å². The number of nitriles is 1. The zero-order valence-corrected chi connectivity index (χ0v) is 7.52. The van der Waals surface area contributed by atoms with Crippen molar-refractivity contribution in [3.63, 3.8) is 0 Å². The molecule has 1 aromatic rings. The Morgan fingerprint density at radius 2 is 2.21 bits per heavy atom. The van der Waals surface area contributed by atoms with E-state index in [1.807, 2.05) is 0 Å². The summed E-state index contributed by atoms with van der Waals surface area (Å²) in [6, 6.07) is 1.49. The van der Waals surface area contributed by atoms with Gasteiger partial charge in [-0.2, -0.15) is 9.65 Å². The van der Waals surface area contributed by atoms with Crippen LogP contribution in [0.3, 0.4) is 0 Å². The van der Waals surface area contributed by atoms with Crippen molar-refractivity contribution in [3.8, 4) is 6.07 Å². The number of hydrogen-bond donors (Lipinski definition) is 0. The second-order valence-electron chi connectivity index (χ2n) is 2.41. The number of aromatic nitrogens is 1. The fourth-order valence-electron chi connectivity index (χ4n) is 0.977. The third kappa shape index (κ3) is 1.80. The Bertz CT molecular complexity index is 387. The van der Waals surface area contributed by atoms with Crippen molar-refractivity contribution in [1.82, 2.24) is 4.98 Å². The summed E-state index contributed by atoms with van der Waals surface area (Å²) in [7, 11) is 0. The lowest BCUT2D eigenvalue weighted by atomic mass is 10.1. The first-order valence-corrected chi connectivity index (χ1v) is 4.06. The maximum atomic E-state index is 12.8. The van der Waals surface area contributed by atoms with Crippen molar-refractivity contribution in [2.75, 3.05) is 0 Å². The summed E-state index contributed by atoms with van der Waals surface area (Å²) in [6.45, 7) is 0. The molecule has 1 aromatic heterocycles. The normalized spacial score (nSPS) is 10.3. The lowest BCUT2D eigenvalue weighted by Crippen LogP contribution is -2.02. The Morgan fingerprint density at radius 3 is 2.64 bits per heavy atom. The first-order valence-electron chi connectivity index (χ1n) is 3.53. The Kier molecular flexibility index (Phi) is 3.31. The van der Waals surface area contributed by atoms with Crippen molar-refractivity contribution in [1.29, 1.82) is 5.26 Å². The highest BCUT2D eigenvalue weighted by molar-refractivity contribution is 6.17. The molecule has 0 fully saturated rings. The van der Waals surface area contributed by atoms with E-state index >= 15 is 0 Å². The number of nitrogens with zero attached hydrogens (tertiary/aromatic N) is 2. The Balaban J connectivity index is 3.45. The third-order valence-corrected chi connectivity index (χ3v) is 1.91. The minimum atomic E-state index is -3.07. The van der Waals surface area contributed by atoms with Gasteiger partial charge < -0.3 is 0 Å². The van der Waals surface area contributed by atoms with Gasteiger partial charge in [-0.25, -0.2) is 13.8 Å². The number of pyridine rings is 1. The van der Waals surface area contributed by atoms with Gasteiger partial charge in [0.15, 0.2) is 0 Å². The maximum absolute atomic E-state index is 12.8. The van der Waals surface area contributed by atoms with Gasteiger partial charge in [-0.3, -0.25) is 0 Å². The molecular weight excluding hydrogens is 217 g/mol. The largest absolute Gasteiger partial charge is 0.269 e. The van der Waals surface area contributed by atoms with Crippen molar-refractivity contribution in [3.05, 3.63) is 28.8 Å². The molecule has 0 unspecified atom stereocenters. The molecule has 0 aliphatic carbocycles. The van der Waals surface area contributed by atoms with Gasteiger partial charge in [-0.15, -0.1) is 11.6 Å². The van der Waals surface area contributed by atoms with E-state index < -0.39 is 23.5 Å². The van der Waals surface area contributed by atoms with Gasteiger partial charge >= 0.3 is 0 Å². The average Bonchev–Trinajstić information content (AvgIpc) is 2.16. The first kappa shape index (κ1) is 10.8. The van der Waals surface area contributed by atoms with E-state index in [9.17, 15) is 13.2 Å². The summed E-state index contributed by atoms with van der Waals surface area (Å²) in [5.74, 6) is -1.49. The van der Waals surface area contributed by atoms with Gasteiger partial charge in [0.25, 0.3) is 6.43 Å². The molecule has 0 saturated carbocycles.